The van der Waals surface area contributed by atoms with E-state index >= 15 is 0 Å². The minimum atomic E-state index is -0.670. The van der Waals surface area contributed by atoms with E-state index in [1.54, 1.807) is 0 Å². The van der Waals surface area contributed by atoms with Crippen molar-refractivity contribution in [2.75, 3.05) is 13.2 Å². The fourth-order valence-corrected chi connectivity index (χ4v) is 9.20. The van der Waals surface area contributed by atoms with E-state index in [4.69, 9.17) is 4.74 Å². The minimum Gasteiger partial charge on any atom is -0.466 e. The lowest BCUT2D eigenvalue weighted by atomic mass is 10.0. The third-order valence-corrected chi connectivity index (χ3v) is 13.8. The number of hydrogen-bond donors (Lipinski definition) is 3. The number of unbranched alkanes of at least 4 members (excludes halogenated alkanes) is 40. The number of carbonyl (C=O) groups is 2. The second-order valence-corrected chi connectivity index (χ2v) is 20.3. The van der Waals surface area contributed by atoms with Crippen molar-refractivity contribution in [3.05, 3.63) is 24.3 Å². The monoisotopic (exact) mass is 930 g/mol. The van der Waals surface area contributed by atoms with Gasteiger partial charge in [-0.2, -0.15) is 0 Å². The van der Waals surface area contributed by atoms with Crippen LogP contribution >= 0.6 is 0 Å². The highest BCUT2D eigenvalue weighted by Gasteiger charge is 2.20. The molecule has 0 heterocycles. The van der Waals surface area contributed by atoms with Crippen molar-refractivity contribution in [1.82, 2.24) is 5.32 Å². The van der Waals surface area contributed by atoms with Gasteiger partial charge in [-0.05, 0) is 57.8 Å². The Morgan fingerprint density at radius 2 is 0.758 bits per heavy atom. The van der Waals surface area contributed by atoms with E-state index in [2.05, 4.69) is 43.5 Å². The van der Waals surface area contributed by atoms with Crippen LogP contribution in [0.2, 0.25) is 0 Å². The summed E-state index contributed by atoms with van der Waals surface area (Å²) in [4.78, 5) is 24.6. The van der Waals surface area contributed by atoms with E-state index in [9.17, 15) is 19.8 Å². The fourth-order valence-electron chi connectivity index (χ4n) is 9.20. The van der Waals surface area contributed by atoms with Gasteiger partial charge in [-0.25, -0.2) is 0 Å². The highest BCUT2D eigenvalue weighted by atomic mass is 16.5. The Kier molecular flexibility index (Phi) is 54.5. The maximum absolute atomic E-state index is 12.5. The van der Waals surface area contributed by atoms with Gasteiger partial charge in [-0.3, -0.25) is 9.59 Å². The summed E-state index contributed by atoms with van der Waals surface area (Å²) in [5, 5.41) is 23.3. The average Bonchev–Trinajstić information content (AvgIpc) is 3.32. The number of nitrogens with one attached hydrogen (secondary N) is 1. The molecular formula is C60H115NO5. The molecule has 0 spiro atoms. The summed E-state index contributed by atoms with van der Waals surface area (Å²) in [6.45, 7) is 4.93. The Hall–Kier alpha value is -1.66. The number of ether oxygens (including phenoxy) is 1. The molecule has 6 heteroatoms. The summed E-state index contributed by atoms with van der Waals surface area (Å²) in [7, 11) is 0. The highest BCUT2D eigenvalue weighted by molar-refractivity contribution is 5.76. The molecule has 0 aromatic rings. The number of amides is 1. The van der Waals surface area contributed by atoms with E-state index in [1.807, 2.05) is 0 Å². The molecule has 2 atom stereocenters. The van der Waals surface area contributed by atoms with Crippen molar-refractivity contribution in [2.24, 2.45) is 0 Å². The quantitative estimate of drug-likeness (QED) is 0.0321. The highest BCUT2D eigenvalue weighted by Crippen LogP contribution is 2.17. The summed E-state index contributed by atoms with van der Waals surface area (Å²) < 4.78 is 5.48. The van der Waals surface area contributed by atoms with Crippen LogP contribution < -0.4 is 5.32 Å². The first-order valence-corrected chi connectivity index (χ1v) is 29.6. The fraction of sp³-hybridized carbons (Fsp3) is 0.900. The molecule has 0 aliphatic heterocycles. The Morgan fingerprint density at radius 3 is 1.17 bits per heavy atom. The largest absolute Gasteiger partial charge is 0.466 e. The van der Waals surface area contributed by atoms with Crippen LogP contribution in [0.25, 0.3) is 0 Å². The number of rotatable bonds is 55. The lowest BCUT2D eigenvalue weighted by Gasteiger charge is -2.22. The molecule has 1 amide bonds. The number of esters is 1. The standard InChI is InChI=1S/C60H115NO5/c1-3-5-7-9-11-13-15-17-19-21-22-26-30-34-38-42-46-50-54-60(65)66-55-51-47-43-39-35-31-27-23-25-29-33-37-41-45-49-53-59(64)61-57(56-62)58(63)52-48-44-40-36-32-28-24-20-18-16-14-12-10-8-6-4-2/h13,15,19,21,57-58,62-63H,3-12,14,16-18,20,22-56H2,1-2H3,(H,61,64)/b15-13-,21-19-. The lowest BCUT2D eigenvalue weighted by Crippen LogP contribution is -2.45. The van der Waals surface area contributed by atoms with Gasteiger partial charge in [0.25, 0.3) is 0 Å². The van der Waals surface area contributed by atoms with E-state index in [0.717, 1.165) is 57.8 Å². The Morgan fingerprint density at radius 1 is 0.424 bits per heavy atom. The first-order chi connectivity index (χ1) is 32.5. The number of allylic oxidation sites excluding steroid dienone is 4. The zero-order valence-corrected chi connectivity index (χ0v) is 44.4. The van der Waals surface area contributed by atoms with Crippen LogP contribution in [-0.2, 0) is 14.3 Å². The maximum atomic E-state index is 12.5. The van der Waals surface area contributed by atoms with Crippen LogP contribution in [0, 0.1) is 0 Å². The van der Waals surface area contributed by atoms with Crippen LogP contribution in [0.5, 0.6) is 0 Å². The lowest BCUT2D eigenvalue weighted by molar-refractivity contribution is -0.143. The van der Waals surface area contributed by atoms with Crippen molar-refractivity contribution in [3.8, 4) is 0 Å². The zero-order valence-electron chi connectivity index (χ0n) is 44.4. The minimum absolute atomic E-state index is 0.00611. The van der Waals surface area contributed by atoms with Crippen LogP contribution in [0.3, 0.4) is 0 Å². The van der Waals surface area contributed by atoms with Crippen LogP contribution in [0.1, 0.15) is 322 Å². The van der Waals surface area contributed by atoms with Crippen molar-refractivity contribution >= 4 is 11.9 Å². The normalized spacial score (nSPS) is 12.7. The SMILES string of the molecule is CCCCCC/C=C\C/C=C\CCCCCCCCCC(=O)OCCCCCCCCCCCCCCCCCC(=O)NC(CO)C(O)CCCCCCCCCCCCCCCCCC. The molecule has 0 bridgehead atoms. The predicted molar refractivity (Wildman–Crippen MR) is 287 cm³/mol. The van der Waals surface area contributed by atoms with Crippen molar-refractivity contribution in [3.63, 3.8) is 0 Å². The van der Waals surface area contributed by atoms with Gasteiger partial charge < -0.3 is 20.3 Å². The van der Waals surface area contributed by atoms with Gasteiger partial charge in [0.05, 0.1) is 25.4 Å². The van der Waals surface area contributed by atoms with E-state index in [-0.39, 0.29) is 18.5 Å². The van der Waals surface area contributed by atoms with Gasteiger partial charge in [-0.15, -0.1) is 0 Å². The van der Waals surface area contributed by atoms with Gasteiger partial charge in [0, 0.05) is 12.8 Å². The predicted octanol–water partition coefficient (Wildman–Crippen LogP) is 18.2. The van der Waals surface area contributed by atoms with Gasteiger partial charge in [0.15, 0.2) is 0 Å². The first kappa shape index (κ1) is 64.3. The summed E-state index contributed by atoms with van der Waals surface area (Å²) in [6.07, 6.45) is 67.3. The average molecular weight is 931 g/mol. The van der Waals surface area contributed by atoms with Crippen LogP contribution in [0.4, 0.5) is 0 Å². The zero-order chi connectivity index (χ0) is 47.9. The molecule has 2 unspecified atom stereocenters. The van der Waals surface area contributed by atoms with Gasteiger partial charge in [0.1, 0.15) is 0 Å². The molecule has 0 rings (SSSR count). The van der Waals surface area contributed by atoms with Crippen molar-refractivity contribution < 1.29 is 24.5 Å². The number of aliphatic hydroxyl groups is 2. The first-order valence-electron chi connectivity index (χ1n) is 29.6. The molecule has 0 aromatic heterocycles. The summed E-state index contributed by atoms with van der Waals surface area (Å²) in [5.41, 5.74) is 0. The molecule has 3 N–H and O–H groups in total. The molecule has 0 aliphatic carbocycles. The third-order valence-electron chi connectivity index (χ3n) is 13.8. The Labute approximate surface area is 411 Å². The second kappa shape index (κ2) is 55.9. The summed E-state index contributed by atoms with van der Waals surface area (Å²) >= 11 is 0. The number of aliphatic hydroxyl groups excluding tert-OH is 2. The second-order valence-electron chi connectivity index (χ2n) is 20.3. The van der Waals surface area contributed by atoms with Gasteiger partial charge >= 0.3 is 5.97 Å². The molecule has 0 aromatic carbocycles. The molecule has 6 nitrogen and oxygen atoms in total. The van der Waals surface area contributed by atoms with Crippen LogP contribution in [-0.4, -0.2) is 47.4 Å². The smallest absolute Gasteiger partial charge is 0.305 e. The van der Waals surface area contributed by atoms with E-state index in [0.29, 0.717) is 25.9 Å². The molecular weight excluding hydrogens is 815 g/mol. The number of carbonyl (C=O) groups excluding carboxylic acids is 2. The molecule has 0 radical (unpaired) electrons. The molecule has 0 fully saturated rings. The van der Waals surface area contributed by atoms with Crippen molar-refractivity contribution in [2.45, 2.75) is 334 Å². The molecule has 390 valence electrons. The maximum Gasteiger partial charge on any atom is 0.305 e. The molecule has 66 heavy (non-hydrogen) atoms. The molecule has 0 saturated heterocycles. The van der Waals surface area contributed by atoms with E-state index < -0.39 is 12.1 Å². The third kappa shape index (κ3) is 51.7. The topological polar surface area (TPSA) is 95.9 Å². The summed E-state index contributed by atoms with van der Waals surface area (Å²) in [5.74, 6) is -0.0480. The Balaban J connectivity index is 3.42. The summed E-state index contributed by atoms with van der Waals surface area (Å²) in [6, 6.07) is -0.548. The van der Waals surface area contributed by atoms with Crippen LogP contribution in [0.15, 0.2) is 24.3 Å². The molecule has 0 saturated carbocycles. The van der Waals surface area contributed by atoms with Gasteiger partial charge in [0.2, 0.25) is 5.91 Å². The molecule has 0 aliphatic rings. The Bertz CT molecular complexity index is 1030. The van der Waals surface area contributed by atoms with E-state index in [1.165, 1.54) is 231 Å². The van der Waals surface area contributed by atoms with Crippen molar-refractivity contribution in [1.29, 1.82) is 0 Å². The van der Waals surface area contributed by atoms with Gasteiger partial charge in [-0.1, -0.05) is 276 Å². The number of hydrogen-bond acceptors (Lipinski definition) is 5.